The van der Waals surface area contributed by atoms with Crippen molar-refractivity contribution in [1.29, 1.82) is 21.0 Å². The third-order valence-electron chi connectivity index (χ3n) is 15.4. The minimum atomic E-state index is 0.518. The van der Waals surface area contributed by atoms with Crippen LogP contribution >= 0.6 is 0 Å². The van der Waals surface area contributed by atoms with Crippen molar-refractivity contribution >= 4 is 122 Å². The van der Waals surface area contributed by atoms with Gasteiger partial charge < -0.3 is 27.8 Å². The van der Waals surface area contributed by atoms with Crippen molar-refractivity contribution in [2.24, 2.45) is 0 Å². The summed E-state index contributed by atoms with van der Waals surface area (Å²) >= 11 is 0. The lowest BCUT2D eigenvalue weighted by molar-refractivity contribution is 0.669. The number of para-hydroxylation sites is 4. The lowest BCUT2D eigenvalue weighted by Gasteiger charge is -2.26. The molecule has 15 aromatic rings. The second-order valence-corrected chi connectivity index (χ2v) is 19.7. The lowest BCUT2D eigenvalue weighted by Crippen LogP contribution is -2.11. The Morgan fingerprint density at radius 3 is 0.988 bits per heavy atom. The number of hydrogen-bond acceptors (Lipinski definition) is 8. The van der Waals surface area contributed by atoms with Crippen LogP contribution in [0.15, 0.2) is 239 Å². The van der Waals surface area contributed by atoms with Crippen molar-refractivity contribution in [2.75, 3.05) is 9.80 Å². The first-order chi connectivity index (χ1) is 39.5. The second-order valence-electron chi connectivity index (χ2n) is 19.7. The highest BCUT2D eigenvalue weighted by Crippen LogP contribution is 2.54. The quantitative estimate of drug-likeness (QED) is 0.147. The van der Waals surface area contributed by atoms with Crippen molar-refractivity contribution in [3.63, 3.8) is 0 Å². The zero-order chi connectivity index (χ0) is 53.6. The van der Waals surface area contributed by atoms with Gasteiger partial charge in [0.15, 0.2) is 11.2 Å². The number of aromatic nitrogens is 2. The Labute approximate surface area is 456 Å². The number of anilines is 6. The maximum absolute atomic E-state index is 10.00. The predicted molar refractivity (Wildman–Crippen MR) is 318 cm³/mol. The van der Waals surface area contributed by atoms with Crippen LogP contribution in [-0.2, 0) is 0 Å². The van der Waals surface area contributed by atoms with Gasteiger partial charge >= 0.3 is 0 Å². The Balaban J connectivity index is 1.15. The fourth-order valence-corrected chi connectivity index (χ4v) is 11.9. The molecular weight excluding hydrogens is 985 g/mol. The number of rotatable bonds is 8. The molecule has 80 heavy (non-hydrogen) atoms. The molecule has 0 bridgehead atoms. The summed E-state index contributed by atoms with van der Waals surface area (Å²) in [6, 6.07) is 85.6. The van der Waals surface area contributed by atoms with E-state index in [1.165, 1.54) is 0 Å². The first-order valence-electron chi connectivity index (χ1n) is 26.0. The Bertz CT molecular complexity index is 4810. The van der Waals surface area contributed by atoms with Gasteiger partial charge in [0.1, 0.15) is 11.2 Å². The van der Waals surface area contributed by atoms with Crippen molar-refractivity contribution in [2.45, 2.75) is 0 Å². The van der Waals surface area contributed by atoms with Gasteiger partial charge in [-0.3, -0.25) is 0 Å². The molecule has 0 fully saturated rings. The van der Waals surface area contributed by atoms with E-state index in [0.717, 1.165) is 111 Å². The number of benzene rings is 11. The largest absolute Gasteiger partial charge is 0.454 e. The molecule has 15 rings (SSSR count). The first-order valence-corrected chi connectivity index (χ1v) is 26.0. The highest BCUT2D eigenvalue weighted by atomic mass is 16.3. The number of nitriles is 4. The molecule has 370 valence electrons. The highest BCUT2D eigenvalue weighted by Gasteiger charge is 2.31. The first kappa shape index (κ1) is 45.6. The molecular formula is C70H38N8O2. The van der Waals surface area contributed by atoms with Gasteiger partial charge in [0, 0.05) is 77.2 Å². The monoisotopic (exact) mass is 1020 g/mol. The fourth-order valence-electron chi connectivity index (χ4n) is 11.9. The maximum atomic E-state index is 10.00. The summed E-state index contributed by atoms with van der Waals surface area (Å²) in [4.78, 5) is 4.27. The van der Waals surface area contributed by atoms with E-state index in [1.54, 1.807) is 0 Å². The molecule has 0 aliphatic carbocycles. The summed E-state index contributed by atoms with van der Waals surface area (Å²) in [5.74, 6) is 0. The molecule has 0 unspecified atom stereocenters. The van der Waals surface area contributed by atoms with Crippen LogP contribution < -0.4 is 9.80 Å². The van der Waals surface area contributed by atoms with Crippen molar-refractivity contribution in [3.8, 4) is 35.7 Å². The van der Waals surface area contributed by atoms with Crippen LogP contribution in [0.1, 0.15) is 22.3 Å². The standard InChI is InChI=1S/C70H38N8O2/c71-39-43-20-28-47(29-21-43)75(48-30-22-44(40-72)23-31-48)61-37-59-67(65-55-14-3-7-18-63(55)79-69(61)65)68-60(78(59)52-11-9-10-51(36-52)77-57-16-5-1-12-53(57)54-13-2-6-17-58(54)77)38-62(70-66(68)56-15-4-8-19-64(56)80-70)76(49-32-24-45(41-73)25-33-49)50-34-26-46(42-74)27-35-50/h1-38H. The number of fused-ring (bicyclic) bond motifs is 14. The van der Waals surface area contributed by atoms with E-state index in [9.17, 15) is 21.0 Å². The van der Waals surface area contributed by atoms with Gasteiger partial charge in [-0.05, 0) is 152 Å². The van der Waals surface area contributed by atoms with E-state index >= 15 is 0 Å². The molecule has 4 heterocycles. The second kappa shape index (κ2) is 17.9. The molecule has 11 aromatic carbocycles. The summed E-state index contributed by atoms with van der Waals surface area (Å²) in [7, 11) is 0. The molecule has 0 amide bonds. The minimum absolute atomic E-state index is 0.518. The summed E-state index contributed by atoms with van der Waals surface area (Å²) < 4.78 is 19.0. The molecule has 0 aliphatic rings. The molecule has 10 heteroatoms. The van der Waals surface area contributed by atoms with Crippen LogP contribution in [0.2, 0.25) is 0 Å². The SMILES string of the molecule is N#Cc1ccc(N(c2ccc(C#N)cc2)c2cc3c(c4c2oc2ccccc24)c2c4c(oc5ccccc54)c(N(c4ccc(C#N)cc4)c4ccc(C#N)cc4)cc2n3-c2cccc(-n3c4ccccc4c4ccccc43)c2)cc1. The summed E-state index contributed by atoms with van der Waals surface area (Å²) in [5.41, 5.74) is 15.0. The van der Waals surface area contributed by atoms with Gasteiger partial charge in [-0.15, -0.1) is 0 Å². The van der Waals surface area contributed by atoms with Gasteiger partial charge in [0.2, 0.25) is 0 Å². The Morgan fingerprint density at radius 1 is 0.300 bits per heavy atom. The van der Waals surface area contributed by atoms with Crippen molar-refractivity contribution in [1.82, 2.24) is 9.13 Å². The van der Waals surface area contributed by atoms with Crippen molar-refractivity contribution < 1.29 is 8.83 Å². The third-order valence-corrected chi connectivity index (χ3v) is 15.4. The van der Waals surface area contributed by atoms with Gasteiger partial charge in [-0.2, -0.15) is 21.0 Å². The normalized spacial score (nSPS) is 11.4. The molecule has 10 nitrogen and oxygen atoms in total. The Hall–Kier alpha value is -11.8. The number of nitrogens with zero attached hydrogens (tertiary/aromatic N) is 8. The molecule has 0 spiro atoms. The van der Waals surface area contributed by atoms with Gasteiger partial charge in [0.05, 0.1) is 80.0 Å². The Morgan fingerprint density at radius 2 is 0.625 bits per heavy atom. The van der Waals surface area contributed by atoms with Crippen LogP contribution in [0.5, 0.6) is 0 Å². The van der Waals surface area contributed by atoms with Crippen LogP contribution in [-0.4, -0.2) is 9.13 Å². The fraction of sp³-hybridized carbons (Fsp3) is 0. The van der Waals surface area contributed by atoms with Crippen LogP contribution in [0.4, 0.5) is 34.1 Å². The molecule has 4 aromatic heterocycles. The third kappa shape index (κ3) is 6.88. The minimum Gasteiger partial charge on any atom is -0.454 e. The zero-order valence-electron chi connectivity index (χ0n) is 42.3. The molecule has 0 N–H and O–H groups in total. The predicted octanol–water partition coefficient (Wildman–Crippen LogP) is 18.1. The van der Waals surface area contributed by atoms with Gasteiger partial charge in [0.25, 0.3) is 0 Å². The molecule has 0 radical (unpaired) electrons. The average molecular weight is 1020 g/mol. The topological polar surface area (TPSA) is 138 Å². The molecule has 0 saturated carbocycles. The smallest absolute Gasteiger partial charge is 0.160 e. The average Bonchev–Trinajstić information content (AvgIpc) is 4.48. The number of furan rings is 2. The molecule has 0 aliphatic heterocycles. The van der Waals surface area contributed by atoms with Crippen LogP contribution in [0.3, 0.4) is 0 Å². The van der Waals surface area contributed by atoms with Crippen LogP contribution in [0, 0.1) is 45.3 Å². The van der Waals surface area contributed by atoms with Gasteiger partial charge in [-0.1, -0.05) is 78.9 Å². The van der Waals surface area contributed by atoms with Gasteiger partial charge in [-0.25, -0.2) is 0 Å². The lowest BCUT2D eigenvalue weighted by atomic mass is 9.99. The van der Waals surface area contributed by atoms with E-state index in [1.807, 2.05) is 133 Å². The molecule has 0 saturated heterocycles. The zero-order valence-corrected chi connectivity index (χ0v) is 42.3. The summed E-state index contributed by atoms with van der Waals surface area (Å²) in [6.45, 7) is 0. The Kier molecular flexibility index (Phi) is 10.2. The van der Waals surface area contributed by atoms with Crippen LogP contribution in [0.25, 0.3) is 98.9 Å². The van der Waals surface area contributed by atoms with E-state index in [0.29, 0.717) is 44.6 Å². The maximum Gasteiger partial charge on any atom is 0.160 e. The highest BCUT2D eigenvalue weighted by molar-refractivity contribution is 6.38. The summed E-state index contributed by atoms with van der Waals surface area (Å²) in [5, 5.41) is 47.8. The number of hydrogen-bond donors (Lipinski definition) is 0. The van der Waals surface area contributed by atoms with E-state index in [2.05, 4.69) is 140 Å². The molecule has 0 atom stereocenters. The summed E-state index contributed by atoms with van der Waals surface area (Å²) in [6.07, 6.45) is 0. The van der Waals surface area contributed by atoms with E-state index < -0.39 is 0 Å². The van der Waals surface area contributed by atoms with Crippen molar-refractivity contribution in [3.05, 3.63) is 253 Å². The van der Waals surface area contributed by atoms with E-state index in [4.69, 9.17) is 8.83 Å². The van der Waals surface area contributed by atoms with E-state index in [-0.39, 0.29) is 0 Å².